The molecule has 1 unspecified atom stereocenters. The Hall–Kier alpha value is -1.07. The highest BCUT2D eigenvalue weighted by Gasteiger charge is 2.34. The molecular weight excluding hydrogens is 310 g/mol. The second-order valence-electron chi connectivity index (χ2n) is 4.80. The maximum Gasteiger partial charge on any atom is 0.320 e. The van der Waals surface area contributed by atoms with Crippen LogP contribution in [0.15, 0.2) is 22.7 Å². The van der Waals surface area contributed by atoms with E-state index in [0.29, 0.717) is 0 Å². The van der Waals surface area contributed by atoms with E-state index in [-0.39, 0.29) is 12.1 Å². The van der Waals surface area contributed by atoms with Gasteiger partial charge in [0.05, 0.1) is 7.11 Å². The van der Waals surface area contributed by atoms with Crippen molar-refractivity contribution in [2.45, 2.75) is 31.8 Å². The fraction of sp³-hybridized carbons (Fsp3) is 0.500. The average Bonchev–Trinajstić information content (AvgIpc) is 2.87. The van der Waals surface area contributed by atoms with Crippen LogP contribution in [0.1, 0.15) is 31.4 Å². The lowest BCUT2D eigenvalue weighted by atomic mass is 10.1. The topological polar surface area (TPSA) is 49.8 Å². The molecule has 2 atom stereocenters. The molecule has 0 aliphatic carbocycles. The van der Waals surface area contributed by atoms with E-state index in [0.717, 1.165) is 35.2 Å². The minimum absolute atomic E-state index is 0.0730. The number of likely N-dealkylation sites (tertiary alicyclic amines) is 1. The third kappa shape index (κ3) is 2.92. The first-order chi connectivity index (χ1) is 9.04. The van der Waals surface area contributed by atoms with Gasteiger partial charge in [0.25, 0.3) is 0 Å². The van der Waals surface area contributed by atoms with Gasteiger partial charge >= 0.3 is 5.97 Å². The summed E-state index contributed by atoms with van der Waals surface area (Å²) in [6.07, 6.45) is 1.67. The van der Waals surface area contributed by atoms with Crippen LogP contribution in [0, 0.1) is 0 Å². The van der Waals surface area contributed by atoms with Crippen LogP contribution in [-0.4, -0.2) is 35.7 Å². The highest BCUT2D eigenvalue weighted by Crippen LogP contribution is 2.34. The Kier molecular flexibility index (Phi) is 4.47. The lowest BCUT2D eigenvalue weighted by Gasteiger charge is -2.29. The van der Waals surface area contributed by atoms with Gasteiger partial charge in [-0.05, 0) is 44.0 Å². The fourth-order valence-electron chi connectivity index (χ4n) is 2.67. The molecule has 104 valence electrons. The highest BCUT2D eigenvalue weighted by molar-refractivity contribution is 9.10. The Bertz CT molecular complexity index is 478. The van der Waals surface area contributed by atoms with Crippen LogP contribution in [-0.2, 0) is 4.79 Å². The van der Waals surface area contributed by atoms with Crippen molar-refractivity contribution in [3.05, 3.63) is 28.2 Å². The molecule has 0 aromatic heterocycles. The first-order valence-electron chi connectivity index (χ1n) is 6.36. The second kappa shape index (κ2) is 5.92. The van der Waals surface area contributed by atoms with Crippen molar-refractivity contribution >= 4 is 21.9 Å². The van der Waals surface area contributed by atoms with Crippen molar-refractivity contribution < 1.29 is 14.6 Å². The lowest BCUT2D eigenvalue weighted by Crippen LogP contribution is -2.37. The summed E-state index contributed by atoms with van der Waals surface area (Å²) in [6.45, 7) is 2.88. The molecule has 1 heterocycles. The predicted molar refractivity (Wildman–Crippen MR) is 76.5 cm³/mol. The standard InChI is InChI=1S/C14H18BrNO3/c1-9(16-7-3-4-13(16)14(17)18)11-6-5-10(19-2)8-12(11)15/h5-6,8-9,13H,3-4,7H2,1-2H3,(H,17,18)/t9?,13-/m1/s1. The van der Waals surface area contributed by atoms with Crippen LogP contribution in [0.5, 0.6) is 5.75 Å². The summed E-state index contributed by atoms with van der Waals surface area (Å²) in [4.78, 5) is 13.3. The second-order valence-corrected chi connectivity index (χ2v) is 5.65. The Morgan fingerprint density at radius 1 is 1.58 bits per heavy atom. The summed E-state index contributed by atoms with van der Waals surface area (Å²) in [5, 5.41) is 9.26. The predicted octanol–water partition coefficient (Wildman–Crippen LogP) is 3.07. The molecule has 1 N–H and O–H groups in total. The molecule has 19 heavy (non-hydrogen) atoms. The summed E-state index contributed by atoms with van der Waals surface area (Å²) in [5.74, 6) is 0.0630. The van der Waals surface area contributed by atoms with Gasteiger partial charge in [-0.25, -0.2) is 0 Å². The van der Waals surface area contributed by atoms with Crippen molar-refractivity contribution in [3.8, 4) is 5.75 Å². The number of methoxy groups -OCH3 is 1. The molecule has 0 saturated carbocycles. The van der Waals surface area contributed by atoms with Gasteiger partial charge in [0, 0.05) is 10.5 Å². The minimum atomic E-state index is -0.728. The van der Waals surface area contributed by atoms with E-state index < -0.39 is 5.97 Å². The van der Waals surface area contributed by atoms with E-state index in [1.807, 2.05) is 25.1 Å². The Labute approximate surface area is 121 Å². The van der Waals surface area contributed by atoms with Crippen LogP contribution in [0.2, 0.25) is 0 Å². The van der Waals surface area contributed by atoms with E-state index in [4.69, 9.17) is 4.74 Å². The number of carboxylic acid groups (broad SMARTS) is 1. The number of nitrogens with zero attached hydrogens (tertiary/aromatic N) is 1. The summed E-state index contributed by atoms with van der Waals surface area (Å²) in [6, 6.07) is 5.51. The van der Waals surface area contributed by atoms with Crippen LogP contribution in [0.25, 0.3) is 0 Å². The van der Waals surface area contributed by atoms with E-state index in [9.17, 15) is 9.90 Å². The third-order valence-electron chi connectivity index (χ3n) is 3.73. The van der Waals surface area contributed by atoms with Crippen molar-refractivity contribution in [2.75, 3.05) is 13.7 Å². The maximum absolute atomic E-state index is 11.3. The number of halogens is 1. The molecule has 1 aromatic rings. The van der Waals surface area contributed by atoms with Crippen molar-refractivity contribution in [2.24, 2.45) is 0 Å². The molecule has 1 aliphatic heterocycles. The molecule has 1 aromatic carbocycles. The summed E-state index contributed by atoms with van der Waals surface area (Å²) >= 11 is 3.54. The number of rotatable bonds is 4. The van der Waals surface area contributed by atoms with Gasteiger partial charge in [-0.2, -0.15) is 0 Å². The average molecular weight is 328 g/mol. The zero-order chi connectivity index (χ0) is 14.0. The van der Waals surface area contributed by atoms with Crippen LogP contribution in [0.4, 0.5) is 0 Å². The van der Waals surface area contributed by atoms with Gasteiger partial charge in [-0.3, -0.25) is 9.69 Å². The first kappa shape index (κ1) is 14.3. The molecule has 1 aliphatic rings. The van der Waals surface area contributed by atoms with Gasteiger partial charge in [-0.15, -0.1) is 0 Å². The molecule has 0 amide bonds. The minimum Gasteiger partial charge on any atom is -0.497 e. The molecule has 4 nitrogen and oxygen atoms in total. The SMILES string of the molecule is COc1ccc(C(C)N2CCC[C@@H]2C(=O)O)c(Br)c1. The van der Waals surface area contributed by atoms with Crippen LogP contribution in [0.3, 0.4) is 0 Å². The van der Waals surface area contributed by atoms with Crippen molar-refractivity contribution in [3.63, 3.8) is 0 Å². The Morgan fingerprint density at radius 2 is 2.32 bits per heavy atom. The van der Waals surface area contributed by atoms with E-state index >= 15 is 0 Å². The molecule has 0 radical (unpaired) electrons. The first-order valence-corrected chi connectivity index (χ1v) is 7.16. The van der Waals surface area contributed by atoms with Crippen molar-refractivity contribution in [1.29, 1.82) is 0 Å². The van der Waals surface area contributed by atoms with E-state index in [1.165, 1.54) is 0 Å². The molecule has 0 bridgehead atoms. The number of aliphatic carboxylic acids is 1. The van der Waals surface area contributed by atoms with Gasteiger partial charge in [0.15, 0.2) is 0 Å². The van der Waals surface area contributed by atoms with Crippen LogP contribution >= 0.6 is 15.9 Å². The van der Waals surface area contributed by atoms with Crippen LogP contribution < -0.4 is 4.74 Å². The zero-order valence-corrected chi connectivity index (χ0v) is 12.7. The van der Waals surface area contributed by atoms with Gasteiger partial charge in [0.2, 0.25) is 0 Å². The number of hydrogen-bond acceptors (Lipinski definition) is 3. The zero-order valence-electron chi connectivity index (χ0n) is 11.1. The largest absolute Gasteiger partial charge is 0.497 e. The quantitative estimate of drug-likeness (QED) is 0.923. The number of benzene rings is 1. The van der Waals surface area contributed by atoms with Gasteiger partial charge in [0.1, 0.15) is 11.8 Å². The third-order valence-corrected chi connectivity index (χ3v) is 4.42. The Balaban J connectivity index is 2.23. The molecule has 0 spiro atoms. The van der Waals surface area contributed by atoms with Crippen molar-refractivity contribution in [1.82, 2.24) is 4.90 Å². The number of ether oxygens (including phenoxy) is 1. The molecular formula is C14H18BrNO3. The highest BCUT2D eigenvalue weighted by atomic mass is 79.9. The molecule has 1 fully saturated rings. The maximum atomic E-state index is 11.3. The summed E-state index contributed by atoms with van der Waals surface area (Å²) < 4.78 is 6.13. The van der Waals surface area contributed by atoms with E-state index in [1.54, 1.807) is 7.11 Å². The number of hydrogen-bond donors (Lipinski definition) is 1. The smallest absolute Gasteiger partial charge is 0.320 e. The molecule has 5 heteroatoms. The number of carboxylic acids is 1. The van der Waals surface area contributed by atoms with Gasteiger partial charge < -0.3 is 9.84 Å². The Morgan fingerprint density at radius 3 is 2.89 bits per heavy atom. The monoisotopic (exact) mass is 327 g/mol. The fourth-order valence-corrected chi connectivity index (χ4v) is 3.36. The van der Waals surface area contributed by atoms with Gasteiger partial charge in [-0.1, -0.05) is 22.0 Å². The normalized spacial score (nSPS) is 21.3. The summed E-state index contributed by atoms with van der Waals surface area (Å²) in [7, 11) is 1.63. The number of carbonyl (C=O) groups is 1. The summed E-state index contributed by atoms with van der Waals surface area (Å²) in [5.41, 5.74) is 1.09. The lowest BCUT2D eigenvalue weighted by molar-refractivity contribution is -0.142. The van der Waals surface area contributed by atoms with E-state index in [2.05, 4.69) is 20.8 Å². The molecule has 1 saturated heterocycles. The molecule has 2 rings (SSSR count).